The second kappa shape index (κ2) is 7.05. The number of rotatable bonds is 5. The van der Waals surface area contributed by atoms with Crippen LogP contribution in [0, 0.1) is 20.8 Å². The van der Waals surface area contributed by atoms with Gasteiger partial charge in [0.1, 0.15) is 0 Å². The molecule has 4 heteroatoms. The Balaban J connectivity index is 2.18. The fraction of sp³-hybridized carbons (Fsp3) is 0.412. The quantitative estimate of drug-likeness (QED) is 0.672. The number of aromatic nitrogens is 2. The third-order valence-corrected chi connectivity index (χ3v) is 4.88. The van der Waals surface area contributed by atoms with Gasteiger partial charge in [0.15, 0.2) is 5.16 Å². The van der Waals surface area contributed by atoms with Gasteiger partial charge in [0.25, 0.3) is 0 Å². The average molecular weight is 301 g/mol. The Bertz CT molecular complexity index is 575. The third-order valence-electron chi connectivity index (χ3n) is 3.84. The SMILES string of the molecule is CNC(c1ccccc1)C(C)Sc1nc(C)c(C)c(C)n1. The van der Waals surface area contributed by atoms with Crippen molar-refractivity contribution in [2.24, 2.45) is 0 Å². The first-order chi connectivity index (χ1) is 10.0. The highest BCUT2D eigenvalue weighted by atomic mass is 32.2. The smallest absolute Gasteiger partial charge is 0.188 e. The molecule has 2 atom stereocenters. The van der Waals surface area contributed by atoms with E-state index in [0.29, 0.717) is 5.25 Å². The molecule has 112 valence electrons. The maximum Gasteiger partial charge on any atom is 0.188 e. The molecule has 0 aliphatic carbocycles. The molecule has 1 aromatic heterocycles. The zero-order valence-electron chi connectivity index (χ0n) is 13.3. The van der Waals surface area contributed by atoms with E-state index in [9.17, 15) is 0 Å². The highest BCUT2D eigenvalue weighted by molar-refractivity contribution is 7.99. The Morgan fingerprint density at radius 2 is 1.57 bits per heavy atom. The first kappa shape index (κ1) is 16.0. The van der Waals surface area contributed by atoms with Crippen molar-refractivity contribution in [1.29, 1.82) is 0 Å². The molecular formula is C17H23N3S. The number of aryl methyl sites for hydroxylation is 2. The Kier molecular flexibility index (Phi) is 5.37. The molecule has 2 unspecified atom stereocenters. The van der Waals surface area contributed by atoms with Crippen molar-refractivity contribution in [2.75, 3.05) is 7.05 Å². The molecule has 0 fully saturated rings. The van der Waals surface area contributed by atoms with E-state index >= 15 is 0 Å². The topological polar surface area (TPSA) is 37.8 Å². The Morgan fingerprint density at radius 1 is 1.00 bits per heavy atom. The molecule has 2 aromatic rings. The number of hydrogen-bond donors (Lipinski definition) is 1. The lowest BCUT2D eigenvalue weighted by Crippen LogP contribution is -2.25. The molecule has 1 heterocycles. The van der Waals surface area contributed by atoms with Gasteiger partial charge in [-0.05, 0) is 38.9 Å². The lowest BCUT2D eigenvalue weighted by molar-refractivity contribution is 0.588. The first-order valence-electron chi connectivity index (χ1n) is 7.23. The predicted molar refractivity (Wildman–Crippen MR) is 89.8 cm³/mol. The number of benzene rings is 1. The number of thioether (sulfide) groups is 1. The first-order valence-corrected chi connectivity index (χ1v) is 8.11. The van der Waals surface area contributed by atoms with Crippen LogP contribution in [0.25, 0.3) is 0 Å². The molecule has 1 N–H and O–H groups in total. The predicted octanol–water partition coefficient (Wildman–Crippen LogP) is 3.84. The van der Waals surface area contributed by atoms with Crippen LogP contribution in [-0.2, 0) is 0 Å². The van der Waals surface area contributed by atoms with E-state index in [2.05, 4.69) is 53.4 Å². The summed E-state index contributed by atoms with van der Waals surface area (Å²) in [6, 6.07) is 10.8. The second-order valence-electron chi connectivity index (χ2n) is 5.30. The summed E-state index contributed by atoms with van der Waals surface area (Å²) in [6.07, 6.45) is 0. The van der Waals surface area contributed by atoms with Crippen LogP contribution < -0.4 is 5.32 Å². The summed E-state index contributed by atoms with van der Waals surface area (Å²) < 4.78 is 0. The zero-order valence-corrected chi connectivity index (χ0v) is 14.2. The van der Waals surface area contributed by atoms with Gasteiger partial charge in [-0.1, -0.05) is 49.0 Å². The number of nitrogens with zero attached hydrogens (tertiary/aromatic N) is 2. The minimum atomic E-state index is 0.279. The molecule has 1 aromatic carbocycles. The van der Waals surface area contributed by atoms with Crippen molar-refractivity contribution in [3.63, 3.8) is 0 Å². The lowest BCUT2D eigenvalue weighted by Gasteiger charge is -2.23. The van der Waals surface area contributed by atoms with Crippen LogP contribution >= 0.6 is 11.8 Å². The molecule has 0 aliphatic rings. The largest absolute Gasteiger partial charge is 0.312 e. The summed E-state index contributed by atoms with van der Waals surface area (Å²) in [5.41, 5.74) is 4.61. The Labute approximate surface area is 131 Å². The molecule has 0 saturated heterocycles. The van der Waals surface area contributed by atoms with E-state index in [1.54, 1.807) is 11.8 Å². The highest BCUT2D eigenvalue weighted by Crippen LogP contribution is 2.30. The van der Waals surface area contributed by atoms with Gasteiger partial charge in [-0.15, -0.1) is 0 Å². The van der Waals surface area contributed by atoms with Gasteiger partial charge in [-0.3, -0.25) is 0 Å². The van der Waals surface area contributed by atoms with E-state index in [-0.39, 0.29) is 6.04 Å². The van der Waals surface area contributed by atoms with Gasteiger partial charge in [0, 0.05) is 22.7 Å². The van der Waals surface area contributed by atoms with E-state index in [4.69, 9.17) is 0 Å². The minimum Gasteiger partial charge on any atom is -0.312 e. The van der Waals surface area contributed by atoms with Crippen LogP contribution in [0.5, 0.6) is 0 Å². The van der Waals surface area contributed by atoms with Crippen molar-refractivity contribution in [2.45, 2.75) is 44.1 Å². The molecule has 0 radical (unpaired) electrons. The van der Waals surface area contributed by atoms with Gasteiger partial charge in [-0.25, -0.2) is 9.97 Å². The lowest BCUT2D eigenvalue weighted by atomic mass is 10.0. The van der Waals surface area contributed by atoms with Crippen LogP contribution in [0.3, 0.4) is 0 Å². The third kappa shape index (κ3) is 3.83. The fourth-order valence-corrected chi connectivity index (χ4v) is 3.50. The summed E-state index contributed by atoms with van der Waals surface area (Å²) >= 11 is 1.72. The van der Waals surface area contributed by atoms with Crippen molar-refractivity contribution in [3.05, 3.63) is 52.8 Å². The van der Waals surface area contributed by atoms with Gasteiger partial charge in [0.2, 0.25) is 0 Å². The van der Waals surface area contributed by atoms with Gasteiger partial charge >= 0.3 is 0 Å². The van der Waals surface area contributed by atoms with Crippen molar-refractivity contribution < 1.29 is 0 Å². The van der Waals surface area contributed by atoms with E-state index in [1.807, 2.05) is 27.0 Å². The van der Waals surface area contributed by atoms with Crippen LogP contribution in [0.15, 0.2) is 35.5 Å². The molecule has 0 saturated carbocycles. The van der Waals surface area contributed by atoms with E-state index in [0.717, 1.165) is 16.5 Å². The molecule has 0 spiro atoms. The molecule has 2 rings (SSSR count). The fourth-order valence-electron chi connectivity index (χ4n) is 2.36. The van der Waals surface area contributed by atoms with Gasteiger partial charge in [-0.2, -0.15) is 0 Å². The van der Waals surface area contributed by atoms with Crippen LogP contribution in [-0.4, -0.2) is 22.3 Å². The van der Waals surface area contributed by atoms with Crippen molar-refractivity contribution in [3.8, 4) is 0 Å². The summed E-state index contributed by atoms with van der Waals surface area (Å²) in [7, 11) is 2.00. The zero-order chi connectivity index (χ0) is 15.4. The minimum absolute atomic E-state index is 0.279. The van der Waals surface area contributed by atoms with Gasteiger partial charge in [0.05, 0.1) is 0 Å². The van der Waals surface area contributed by atoms with Crippen molar-refractivity contribution in [1.82, 2.24) is 15.3 Å². The molecular weight excluding hydrogens is 278 g/mol. The Morgan fingerprint density at radius 3 is 2.10 bits per heavy atom. The summed E-state index contributed by atoms with van der Waals surface area (Å²) in [5, 5.41) is 4.61. The average Bonchev–Trinajstić information content (AvgIpc) is 2.46. The number of nitrogens with one attached hydrogen (secondary N) is 1. The summed E-state index contributed by atoms with van der Waals surface area (Å²) in [4.78, 5) is 9.22. The maximum absolute atomic E-state index is 4.61. The van der Waals surface area contributed by atoms with E-state index < -0.39 is 0 Å². The molecule has 3 nitrogen and oxygen atoms in total. The van der Waals surface area contributed by atoms with Gasteiger partial charge < -0.3 is 5.32 Å². The van der Waals surface area contributed by atoms with Crippen LogP contribution in [0.2, 0.25) is 0 Å². The number of hydrogen-bond acceptors (Lipinski definition) is 4. The molecule has 21 heavy (non-hydrogen) atoms. The highest BCUT2D eigenvalue weighted by Gasteiger charge is 2.20. The summed E-state index contributed by atoms with van der Waals surface area (Å²) in [5.74, 6) is 0. The molecule has 0 aliphatic heterocycles. The van der Waals surface area contributed by atoms with E-state index in [1.165, 1.54) is 11.1 Å². The second-order valence-corrected chi connectivity index (χ2v) is 6.65. The summed E-state index contributed by atoms with van der Waals surface area (Å²) in [6.45, 7) is 8.38. The monoisotopic (exact) mass is 301 g/mol. The van der Waals surface area contributed by atoms with Crippen LogP contribution in [0.4, 0.5) is 0 Å². The standard InChI is InChI=1S/C17H23N3S/c1-11-12(2)19-17(20-13(11)3)21-14(4)16(18-5)15-9-7-6-8-10-15/h6-10,14,16,18H,1-5H3. The van der Waals surface area contributed by atoms with Crippen molar-refractivity contribution >= 4 is 11.8 Å². The Hall–Kier alpha value is -1.39. The molecule has 0 bridgehead atoms. The molecule has 0 amide bonds. The maximum atomic E-state index is 4.61. The normalized spacial score (nSPS) is 14.0. The van der Waals surface area contributed by atoms with Crippen LogP contribution in [0.1, 0.15) is 35.5 Å².